The van der Waals surface area contributed by atoms with Gasteiger partial charge >= 0.3 is 0 Å². The molecule has 0 aliphatic rings. The molecule has 13 heavy (non-hydrogen) atoms. The van der Waals surface area contributed by atoms with Crippen molar-refractivity contribution in [3.8, 4) is 0 Å². The van der Waals surface area contributed by atoms with Crippen molar-refractivity contribution in [2.45, 2.75) is 6.42 Å². The Hall–Kier alpha value is -1.64. The normalized spacial score (nSPS) is 11.3. The van der Waals surface area contributed by atoms with Crippen LogP contribution in [0.2, 0.25) is 0 Å². The molecule has 0 saturated heterocycles. The highest BCUT2D eigenvalue weighted by atomic mass is 19.1. The van der Waals surface area contributed by atoms with Gasteiger partial charge in [-0.15, -0.1) is 6.58 Å². The van der Waals surface area contributed by atoms with E-state index in [0.29, 0.717) is 17.7 Å². The predicted octanol–water partition coefficient (Wildman–Crippen LogP) is 2.06. The first-order valence-electron chi connectivity index (χ1n) is 3.92. The van der Waals surface area contributed by atoms with Gasteiger partial charge in [0.2, 0.25) is 0 Å². The quantitative estimate of drug-likeness (QED) is 0.327. The summed E-state index contributed by atoms with van der Waals surface area (Å²) >= 11 is 0. The first-order chi connectivity index (χ1) is 6.29. The summed E-state index contributed by atoms with van der Waals surface area (Å²) in [5, 5.41) is 3.51. The molecule has 0 aliphatic heterocycles. The number of hydrogen-bond donors (Lipinski definition) is 1. The van der Waals surface area contributed by atoms with Gasteiger partial charge < -0.3 is 5.84 Å². The zero-order valence-electron chi connectivity index (χ0n) is 7.20. The Kier molecular flexibility index (Phi) is 3.20. The number of hydrogen-bond acceptors (Lipinski definition) is 2. The van der Waals surface area contributed by atoms with Gasteiger partial charge in [0.1, 0.15) is 5.82 Å². The van der Waals surface area contributed by atoms with Crippen molar-refractivity contribution >= 4 is 5.71 Å². The number of allylic oxidation sites excluding steroid dienone is 1. The van der Waals surface area contributed by atoms with E-state index in [1.165, 1.54) is 6.07 Å². The van der Waals surface area contributed by atoms with Gasteiger partial charge in [-0.25, -0.2) is 4.39 Å². The van der Waals surface area contributed by atoms with Gasteiger partial charge in [-0.3, -0.25) is 0 Å². The second kappa shape index (κ2) is 4.40. The average molecular weight is 178 g/mol. The zero-order valence-corrected chi connectivity index (χ0v) is 7.20. The maximum absolute atomic E-state index is 13.2. The molecular formula is C10H11FN2. The summed E-state index contributed by atoms with van der Waals surface area (Å²) in [7, 11) is 0. The van der Waals surface area contributed by atoms with Gasteiger partial charge in [-0.2, -0.15) is 5.10 Å². The van der Waals surface area contributed by atoms with E-state index < -0.39 is 0 Å². The summed E-state index contributed by atoms with van der Waals surface area (Å²) in [6.45, 7) is 3.54. The molecule has 0 heterocycles. The van der Waals surface area contributed by atoms with Crippen molar-refractivity contribution in [1.29, 1.82) is 0 Å². The van der Waals surface area contributed by atoms with Gasteiger partial charge in [0, 0.05) is 12.0 Å². The predicted molar refractivity (Wildman–Crippen MR) is 51.9 cm³/mol. The largest absolute Gasteiger partial charge is 0.323 e. The molecule has 0 amide bonds. The Balaban J connectivity index is 3.05. The van der Waals surface area contributed by atoms with Gasteiger partial charge in [0.15, 0.2) is 0 Å². The highest BCUT2D eigenvalue weighted by Crippen LogP contribution is 2.09. The Morgan fingerprint density at radius 3 is 2.77 bits per heavy atom. The lowest BCUT2D eigenvalue weighted by Crippen LogP contribution is -2.05. The summed E-state index contributed by atoms with van der Waals surface area (Å²) in [5.41, 5.74) is 0.943. The lowest BCUT2D eigenvalue weighted by molar-refractivity contribution is 0.625. The van der Waals surface area contributed by atoms with Crippen molar-refractivity contribution in [2.24, 2.45) is 10.9 Å². The number of nitrogens with zero attached hydrogens (tertiary/aromatic N) is 1. The van der Waals surface area contributed by atoms with E-state index in [9.17, 15) is 4.39 Å². The van der Waals surface area contributed by atoms with Crippen LogP contribution in [0.3, 0.4) is 0 Å². The second-order valence-electron chi connectivity index (χ2n) is 2.55. The molecule has 0 fully saturated rings. The van der Waals surface area contributed by atoms with E-state index in [4.69, 9.17) is 5.84 Å². The number of benzene rings is 1. The maximum Gasteiger partial charge on any atom is 0.132 e. The van der Waals surface area contributed by atoms with E-state index in [-0.39, 0.29) is 5.82 Å². The van der Waals surface area contributed by atoms with Crippen LogP contribution in [-0.2, 0) is 0 Å². The molecule has 1 aromatic carbocycles. The molecule has 1 rings (SSSR count). The van der Waals surface area contributed by atoms with Crippen molar-refractivity contribution in [3.63, 3.8) is 0 Å². The molecule has 0 aliphatic carbocycles. The highest BCUT2D eigenvalue weighted by molar-refractivity contribution is 6.01. The van der Waals surface area contributed by atoms with Crippen LogP contribution in [-0.4, -0.2) is 5.71 Å². The molecule has 0 spiro atoms. The Morgan fingerprint density at radius 2 is 2.23 bits per heavy atom. The molecule has 3 heteroatoms. The minimum absolute atomic E-state index is 0.312. The second-order valence-corrected chi connectivity index (χ2v) is 2.55. The molecule has 68 valence electrons. The number of rotatable bonds is 3. The molecule has 0 aromatic heterocycles. The van der Waals surface area contributed by atoms with Crippen LogP contribution in [0, 0.1) is 5.82 Å². The molecule has 0 bridgehead atoms. The van der Waals surface area contributed by atoms with Gasteiger partial charge in [0.05, 0.1) is 5.71 Å². The summed E-state index contributed by atoms with van der Waals surface area (Å²) in [6.07, 6.45) is 2.11. The first kappa shape index (κ1) is 9.45. The smallest absolute Gasteiger partial charge is 0.132 e. The zero-order chi connectivity index (χ0) is 9.68. The maximum atomic E-state index is 13.2. The van der Waals surface area contributed by atoms with E-state index in [1.54, 1.807) is 24.3 Å². The number of hydrazone groups is 1. The molecule has 0 unspecified atom stereocenters. The van der Waals surface area contributed by atoms with Crippen molar-refractivity contribution in [1.82, 2.24) is 0 Å². The van der Waals surface area contributed by atoms with Crippen molar-refractivity contribution in [2.75, 3.05) is 0 Å². The third kappa shape index (κ3) is 2.15. The van der Waals surface area contributed by atoms with Crippen LogP contribution in [0.4, 0.5) is 4.39 Å². The SMILES string of the molecule is C=CC/C(=N/N)c1ccccc1F. The van der Waals surface area contributed by atoms with Crippen LogP contribution in [0.1, 0.15) is 12.0 Å². The van der Waals surface area contributed by atoms with Crippen molar-refractivity contribution < 1.29 is 4.39 Å². The van der Waals surface area contributed by atoms with E-state index in [1.807, 2.05) is 0 Å². The van der Waals surface area contributed by atoms with E-state index in [0.717, 1.165) is 0 Å². The summed E-state index contributed by atoms with van der Waals surface area (Å²) in [4.78, 5) is 0. The van der Waals surface area contributed by atoms with Crippen molar-refractivity contribution in [3.05, 3.63) is 48.3 Å². The average Bonchev–Trinajstić information content (AvgIpc) is 2.16. The number of halogens is 1. The fourth-order valence-corrected chi connectivity index (χ4v) is 1.06. The molecule has 0 saturated carbocycles. The topological polar surface area (TPSA) is 38.4 Å². The van der Waals surface area contributed by atoms with E-state index >= 15 is 0 Å². The third-order valence-corrected chi connectivity index (χ3v) is 1.68. The van der Waals surface area contributed by atoms with Crippen LogP contribution >= 0.6 is 0 Å². The summed E-state index contributed by atoms with van der Waals surface area (Å²) < 4.78 is 13.2. The lowest BCUT2D eigenvalue weighted by atomic mass is 10.1. The Morgan fingerprint density at radius 1 is 1.54 bits per heavy atom. The fourth-order valence-electron chi connectivity index (χ4n) is 1.06. The van der Waals surface area contributed by atoms with Crippen LogP contribution in [0.5, 0.6) is 0 Å². The van der Waals surface area contributed by atoms with E-state index in [2.05, 4.69) is 11.7 Å². The Bertz CT molecular complexity index is 331. The molecule has 1 aromatic rings. The number of nitrogens with two attached hydrogens (primary N) is 1. The summed E-state index contributed by atoms with van der Waals surface area (Å²) in [6, 6.07) is 6.39. The molecule has 0 atom stereocenters. The highest BCUT2D eigenvalue weighted by Gasteiger charge is 2.06. The van der Waals surface area contributed by atoms with Gasteiger partial charge in [-0.1, -0.05) is 24.3 Å². The lowest BCUT2D eigenvalue weighted by Gasteiger charge is -2.02. The fraction of sp³-hybridized carbons (Fsp3) is 0.100. The molecule has 2 nitrogen and oxygen atoms in total. The minimum Gasteiger partial charge on any atom is -0.323 e. The molecule has 0 radical (unpaired) electrons. The van der Waals surface area contributed by atoms with Gasteiger partial charge in [0.25, 0.3) is 0 Å². The monoisotopic (exact) mass is 178 g/mol. The van der Waals surface area contributed by atoms with Crippen LogP contribution in [0.15, 0.2) is 42.0 Å². The first-order valence-corrected chi connectivity index (χ1v) is 3.92. The Labute approximate surface area is 76.6 Å². The van der Waals surface area contributed by atoms with Gasteiger partial charge in [-0.05, 0) is 6.07 Å². The molecule has 2 N–H and O–H groups in total. The summed E-state index contributed by atoms with van der Waals surface area (Å²) in [5.74, 6) is 4.82. The molecular weight excluding hydrogens is 167 g/mol. The third-order valence-electron chi connectivity index (χ3n) is 1.68. The minimum atomic E-state index is -0.312. The standard InChI is InChI=1S/C10H11FN2/c1-2-5-10(13-12)8-6-3-4-7-9(8)11/h2-4,6-7H,1,5,12H2/b13-10-. The van der Waals surface area contributed by atoms with Crippen LogP contribution in [0.25, 0.3) is 0 Å². The van der Waals surface area contributed by atoms with Crippen LogP contribution < -0.4 is 5.84 Å².